The molecule has 0 aliphatic carbocycles. The van der Waals surface area contributed by atoms with E-state index in [2.05, 4.69) is 20.3 Å². The Morgan fingerprint density at radius 1 is 1.26 bits per heavy atom. The predicted molar refractivity (Wildman–Crippen MR) is 120 cm³/mol. The van der Waals surface area contributed by atoms with E-state index in [-0.39, 0.29) is 23.1 Å². The maximum Gasteiger partial charge on any atom is 0.270 e. The number of carbonyl (C=O) groups excluding carboxylic acids is 1. The van der Waals surface area contributed by atoms with E-state index in [1.54, 1.807) is 18.2 Å². The first kappa shape index (κ1) is 20.8. The number of nitro groups is 1. The average Bonchev–Trinajstić information content (AvgIpc) is 3.29. The molecule has 4 rings (SSSR count). The molecule has 0 aliphatic rings. The third kappa shape index (κ3) is 5.01. The van der Waals surface area contributed by atoms with Crippen molar-refractivity contribution in [2.75, 3.05) is 11.1 Å². The molecular weight excluding hydrogens is 438 g/mol. The summed E-state index contributed by atoms with van der Waals surface area (Å²) in [5, 5.41) is 24.0. The number of carbonyl (C=O) groups is 1. The minimum atomic E-state index is -0.463. The number of nitrogens with one attached hydrogen (secondary N) is 2. The van der Waals surface area contributed by atoms with E-state index in [0.29, 0.717) is 26.9 Å². The molecular formula is C20H17N5O4S2. The van der Waals surface area contributed by atoms with Gasteiger partial charge in [-0.15, -0.1) is 0 Å². The number of phenolic OH excluding ortho intramolecular Hbond substituents is 1. The number of aromatic hydroxyl groups is 1. The summed E-state index contributed by atoms with van der Waals surface area (Å²) in [7, 11) is 0. The molecule has 0 atom stereocenters. The number of nitrogens with zero attached hydrogens (tertiary/aromatic N) is 3. The van der Waals surface area contributed by atoms with Crippen LogP contribution in [0.5, 0.6) is 5.75 Å². The molecule has 2 aromatic heterocycles. The number of thiazole rings is 1. The summed E-state index contributed by atoms with van der Waals surface area (Å²) >= 11 is 2.47. The van der Waals surface area contributed by atoms with Gasteiger partial charge >= 0.3 is 0 Å². The van der Waals surface area contributed by atoms with Crippen LogP contribution in [0.2, 0.25) is 0 Å². The molecule has 0 fully saturated rings. The highest BCUT2D eigenvalue weighted by molar-refractivity contribution is 7.99. The number of phenols is 1. The lowest BCUT2D eigenvalue weighted by molar-refractivity contribution is -0.384. The van der Waals surface area contributed by atoms with E-state index < -0.39 is 4.92 Å². The third-order valence-electron chi connectivity index (χ3n) is 4.44. The van der Waals surface area contributed by atoms with Crippen molar-refractivity contribution in [3.8, 4) is 5.75 Å². The zero-order valence-corrected chi connectivity index (χ0v) is 17.9. The minimum absolute atomic E-state index is 0.0131. The Bertz CT molecular complexity index is 1270. The van der Waals surface area contributed by atoms with Crippen molar-refractivity contribution in [3.63, 3.8) is 0 Å². The number of hydrogen-bond donors (Lipinski definition) is 3. The van der Waals surface area contributed by atoms with Crippen molar-refractivity contribution in [3.05, 3.63) is 69.5 Å². The summed E-state index contributed by atoms with van der Waals surface area (Å²) in [6, 6.07) is 11.4. The number of aromatic nitrogens is 3. The van der Waals surface area contributed by atoms with Gasteiger partial charge in [-0.1, -0.05) is 35.2 Å². The van der Waals surface area contributed by atoms with Gasteiger partial charge in [0.2, 0.25) is 5.91 Å². The van der Waals surface area contributed by atoms with Gasteiger partial charge in [0.25, 0.3) is 5.69 Å². The molecule has 31 heavy (non-hydrogen) atoms. The largest absolute Gasteiger partial charge is 0.508 e. The second-order valence-corrected chi connectivity index (χ2v) is 8.72. The molecule has 0 bridgehead atoms. The smallest absolute Gasteiger partial charge is 0.270 e. The number of nitro benzene ring substituents is 1. The van der Waals surface area contributed by atoms with Gasteiger partial charge in [0.05, 0.1) is 26.6 Å². The number of aryl methyl sites for hydroxylation is 1. The molecule has 3 N–H and O–H groups in total. The van der Waals surface area contributed by atoms with Gasteiger partial charge in [-0.25, -0.2) is 9.97 Å². The molecule has 0 radical (unpaired) electrons. The topological polar surface area (TPSA) is 134 Å². The first-order chi connectivity index (χ1) is 14.9. The Hall–Kier alpha value is -3.44. The normalized spacial score (nSPS) is 11.0. The van der Waals surface area contributed by atoms with Gasteiger partial charge in [-0.2, -0.15) is 0 Å². The molecule has 0 spiro atoms. The number of hydrogen-bond acceptors (Lipinski definition) is 8. The summed E-state index contributed by atoms with van der Waals surface area (Å²) < 4.78 is 0.637. The van der Waals surface area contributed by atoms with Gasteiger partial charge in [0.1, 0.15) is 5.75 Å². The van der Waals surface area contributed by atoms with Gasteiger partial charge in [0.15, 0.2) is 10.3 Å². The van der Waals surface area contributed by atoms with E-state index in [1.807, 2.05) is 19.1 Å². The predicted octanol–water partition coefficient (Wildman–Crippen LogP) is 4.26. The maximum absolute atomic E-state index is 12.3. The standard InChI is InChI=1S/C20H17N5O4S2/c1-11-16(8-12-2-5-14(26)6-3-12)23-19(21-11)30-10-18(27)24-20-22-15-7-4-13(25(28)29)9-17(15)31-20/h2-7,9,26H,8,10H2,1H3,(H,21,23)(H,22,24,27). The summed E-state index contributed by atoms with van der Waals surface area (Å²) in [6.07, 6.45) is 0.618. The highest BCUT2D eigenvalue weighted by Gasteiger charge is 2.14. The molecule has 0 aliphatic heterocycles. The SMILES string of the molecule is Cc1[nH]c(SCC(=O)Nc2nc3ccc([N+](=O)[O-])cc3s2)nc1Cc1ccc(O)cc1. The van der Waals surface area contributed by atoms with Crippen molar-refractivity contribution in [2.45, 2.75) is 18.5 Å². The van der Waals surface area contributed by atoms with Crippen LogP contribution in [0.25, 0.3) is 10.2 Å². The van der Waals surface area contributed by atoms with Crippen LogP contribution in [0.3, 0.4) is 0 Å². The number of non-ortho nitro benzene ring substituents is 1. The zero-order chi connectivity index (χ0) is 22.0. The molecule has 1 amide bonds. The van der Waals surface area contributed by atoms with Crippen molar-refractivity contribution in [1.82, 2.24) is 15.0 Å². The second-order valence-electron chi connectivity index (χ2n) is 6.72. The maximum atomic E-state index is 12.3. The molecule has 2 heterocycles. The van der Waals surface area contributed by atoms with Gasteiger partial charge in [-0.3, -0.25) is 14.9 Å². The molecule has 11 heteroatoms. The van der Waals surface area contributed by atoms with Gasteiger partial charge < -0.3 is 15.4 Å². The van der Waals surface area contributed by atoms with E-state index in [4.69, 9.17) is 0 Å². The molecule has 0 unspecified atom stereocenters. The Kier molecular flexibility index (Phi) is 5.87. The van der Waals surface area contributed by atoms with E-state index in [0.717, 1.165) is 17.0 Å². The summed E-state index contributed by atoms with van der Waals surface area (Å²) in [4.78, 5) is 34.8. The van der Waals surface area contributed by atoms with E-state index in [1.165, 1.54) is 35.2 Å². The number of thioether (sulfide) groups is 1. The number of aromatic amines is 1. The van der Waals surface area contributed by atoms with Gasteiger partial charge in [0, 0.05) is 24.2 Å². The van der Waals surface area contributed by atoms with Crippen molar-refractivity contribution in [1.29, 1.82) is 0 Å². The lowest BCUT2D eigenvalue weighted by Crippen LogP contribution is -2.13. The highest BCUT2D eigenvalue weighted by Crippen LogP contribution is 2.29. The number of imidazole rings is 1. The van der Waals surface area contributed by atoms with Crippen LogP contribution in [0.4, 0.5) is 10.8 Å². The van der Waals surface area contributed by atoms with Crippen LogP contribution in [0.15, 0.2) is 47.6 Å². The fourth-order valence-electron chi connectivity index (χ4n) is 2.88. The van der Waals surface area contributed by atoms with Gasteiger partial charge in [-0.05, 0) is 30.7 Å². The van der Waals surface area contributed by atoms with Crippen molar-refractivity contribution < 1.29 is 14.8 Å². The first-order valence-electron chi connectivity index (χ1n) is 9.18. The molecule has 0 saturated heterocycles. The molecule has 0 saturated carbocycles. The number of H-pyrrole nitrogens is 1. The van der Waals surface area contributed by atoms with E-state index in [9.17, 15) is 20.0 Å². The monoisotopic (exact) mass is 455 g/mol. The summed E-state index contributed by atoms with van der Waals surface area (Å²) in [6.45, 7) is 1.92. The zero-order valence-electron chi connectivity index (χ0n) is 16.3. The Morgan fingerprint density at radius 2 is 2.03 bits per heavy atom. The molecule has 9 nitrogen and oxygen atoms in total. The van der Waals surface area contributed by atoms with Crippen LogP contribution >= 0.6 is 23.1 Å². The molecule has 2 aromatic carbocycles. The Labute approximate surface area is 184 Å². The number of anilines is 1. The lowest BCUT2D eigenvalue weighted by atomic mass is 10.1. The first-order valence-corrected chi connectivity index (χ1v) is 11.0. The number of benzene rings is 2. The highest BCUT2D eigenvalue weighted by atomic mass is 32.2. The van der Waals surface area contributed by atoms with Crippen molar-refractivity contribution in [2.24, 2.45) is 0 Å². The minimum Gasteiger partial charge on any atom is -0.508 e. The van der Waals surface area contributed by atoms with Crippen LogP contribution < -0.4 is 5.32 Å². The second kappa shape index (κ2) is 8.74. The van der Waals surface area contributed by atoms with E-state index >= 15 is 0 Å². The summed E-state index contributed by atoms with van der Waals surface area (Å²) in [5.41, 5.74) is 3.41. The number of rotatable bonds is 7. The fourth-order valence-corrected chi connectivity index (χ4v) is 4.54. The van der Waals surface area contributed by atoms with Crippen LogP contribution in [0, 0.1) is 17.0 Å². The average molecular weight is 456 g/mol. The quantitative estimate of drug-likeness (QED) is 0.215. The number of amides is 1. The lowest BCUT2D eigenvalue weighted by Gasteiger charge is -2.00. The van der Waals surface area contributed by atoms with Crippen LogP contribution in [-0.4, -0.2) is 36.6 Å². The van der Waals surface area contributed by atoms with Crippen LogP contribution in [0.1, 0.15) is 17.0 Å². The summed E-state index contributed by atoms with van der Waals surface area (Å²) in [5.74, 6) is 0.116. The third-order valence-corrected chi connectivity index (χ3v) is 6.25. The molecule has 4 aromatic rings. The van der Waals surface area contributed by atoms with Crippen molar-refractivity contribution >= 4 is 50.0 Å². The Balaban J connectivity index is 1.36. The molecule has 158 valence electrons. The van der Waals surface area contributed by atoms with Crippen LogP contribution in [-0.2, 0) is 11.2 Å². The Morgan fingerprint density at radius 3 is 2.77 bits per heavy atom. The number of fused-ring (bicyclic) bond motifs is 1. The fraction of sp³-hybridized carbons (Fsp3) is 0.150.